The number of carbonyl (C=O) groups is 1. The summed E-state index contributed by atoms with van der Waals surface area (Å²) in [6, 6.07) is 8.33. The lowest BCUT2D eigenvalue weighted by atomic mass is 10.1. The zero-order valence-corrected chi connectivity index (χ0v) is 17.4. The van der Waals surface area contributed by atoms with Gasteiger partial charge in [-0.25, -0.2) is 0 Å². The third kappa shape index (κ3) is 5.47. The van der Waals surface area contributed by atoms with Crippen molar-refractivity contribution in [3.63, 3.8) is 0 Å². The van der Waals surface area contributed by atoms with Crippen LogP contribution < -0.4 is 5.73 Å². The van der Waals surface area contributed by atoms with Crippen molar-refractivity contribution in [3.05, 3.63) is 34.9 Å². The molecule has 1 amide bonds. The van der Waals surface area contributed by atoms with Crippen molar-refractivity contribution in [1.29, 1.82) is 0 Å². The van der Waals surface area contributed by atoms with Crippen LogP contribution in [0.1, 0.15) is 31.4 Å². The first-order valence-electron chi connectivity index (χ1n) is 8.72. The Hall–Kier alpha value is -0.560. The molecule has 3 rings (SSSR count). The third-order valence-electron chi connectivity index (χ3n) is 5.17. The number of carbonyl (C=O) groups excluding carboxylic acids is 1. The molecule has 5 nitrogen and oxygen atoms in total. The Morgan fingerprint density at radius 2 is 1.81 bits per heavy atom. The van der Waals surface area contributed by atoms with Crippen LogP contribution in [0.2, 0.25) is 5.02 Å². The molecule has 0 aliphatic carbocycles. The molecule has 1 aromatic rings. The van der Waals surface area contributed by atoms with Crippen LogP contribution in [0.15, 0.2) is 24.3 Å². The van der Waals surface area contributed by atoms with Gasteiger partial charge in [0, 0.05) is 43.8 Å². The Morgan fingerprint density at radius 3 is 2.35 bits per heavy atom. The molecule has 0 aromatic heterocycles. The largest absolute Gasteiger partial charge is 0.364 e. The first-order valence-corrected chi connectivity index (χ1v) is 9.10. The van der Waals surface area contributed by atoms with E-state index >= 15 is 0 Å². The summed E-state index contributed by atoms with van der Waals surface area (Å²) in [7, 11) is 0. The predicted molar refractivity (Wildman–Crippen MR) is 109 cm³/mol. The van der Waals surface area contributed by atoms with Crippen LogP contribution in [-0.4, -0.2) is 60.6 Å². The van der Waals surface area contributed by atoms with Gasteiger partial charge in [-0.1, -0.05) is 23.7 Å². The van der Waals surface area contributed by atoms with Crippen LogP contribution in [0.4, 0.5) is 0 Å². The van der Waals surface area contributed by atoms with Crippen LogP contribution in [-0.2, 0) is 9.53 Å². The molecule has 1 aromatic carbocycles. The highest BCUT2D eigenvalue weighted by Gasteiger charge is 2.34. The van der Waals surface area contributed by atoms with Crippen molar-refractivity contribution in [2.45, 2.75) is 38.0 Å². The zero-order valence-electron chi connectivity index (χ0n) is 15.0. The van der Waals surface area contributed by atoms with E-state index in [1.165, 1.54) is 5.56 Å². The normalized spacial score (nSPS) is 24.5. The molecule has 148 valence electrons. The maximum atomic E-state index is 12.6. The Kier molecular flexibility index (Phi) is 9.65. The minimum absolute atomic E-state index is 0. The van der Waals surface area contributed by atoms with Crippen molar-refractivity contribution in [3.8, 4) is 0 Å². The van der Waals surface area contributed by atoms with Gasteiger partial charge in [-0.3, -0.25) is 9.69 Å². The number of nitrogens with zero attached hydrogens (tertiary/aromatic N) is 2. The fourth-order valence-electron chi connectivity index (χ4n) is 3.55. The average molecular weight is 425 g/mol. The summed E-state index contributed by atoms with van der Waals surface area (Å²) in [4.78, 5) is 16.9. The molecule has 2 heterocycles. The van der Waals surface area contributed by atoms with Gasteiger partial charge in [-0.15, -0.1) is 24.8 Å². The minimum atomic E-state index is -0.293. The number of hydrogen-bond acceptors (Lipinski definition) is 4. The number of halogens is 3. The lowest BCUT2D eigenvalue weighted by Crippen LogP contribution is -2.51. The van der Waals surface area contributed by atoms with E-state index in [0.717, 1.165) is 44.0 Å². The molecule has 0 spiro atoms. The number of ether oxygens (including phenoxy) is 1. The van der Waals surface area contributed by atoms with Gasteiger partial charge in [0.1, 0.15) is 6.10 Å². The van der Waals surface area contributed by atoms with Crippen LogP contribution in [0.25, 0.3) is 0 Å². The van der Waals surface area contributed by atoms with Crippen molar-refractivity contribution < 1.29 is 9.53 Å². The summed E-state index contributed by atoms with van der Waals surface area (Å²) in [6.07, 6.45) is 1.44. The van der Waals surface area contributed by atoms with Gasteiger partial charge >= 0.3 is 0 Å². The van der Waals surface area contributed by atoms with Crippen molar-refractivity contribution in [2.75, 3.05) is 32.7 Å². The maximum Gasteiger partial charge on any atom is 0.251 e. The van der Waals surface area contributed by atoms with Crippen LogP contribution in [0, 0.1) is 0 Å². The van der Waals surface area contributed by atoms with E-state index in [1.54, 1.807) is 0 Å². The number of rotatable bonds is 4. The third-order valence-corrected chi connectivity index (χ3v) is 5.42. The van der Waals surface area contributed by atoms with E-state index in [9.17, 15) is 4.79 Å². The quantitative estimate of drug-likeness (QED) is 0.807. The Morgan fingerprint density at radius 1 is 1.19 bits per heavy atom. The Labute approximate surface area is 173 Å². The van der Waals surface area contributed by atoms with Gasteiger partial charge in [0.2, 0.25) is 0 Å². The highest BCUT2D eigenvalue weighted by Crippen LogP contribution is 2.25. The van der Waals surface area contributed by atoms with Crippen molar-refractivity contribution in [2.24, 2.45) is 5.73 Å². The topological polar surface area (TPSA) is 58.8 Å². The molecular formula is C18H28Cl3N3O2. The second-order valence-corrected chi connectivity index (χ2v) is 7.09. The van der Waals surface area contributed by atoms with E-state index in [4.69, 9.17) is 22.1 Å². The van der Waals surface area contributed by atoms with E-state index in [0.29, 0.717) is 12.6 Å². The number of amides is 1. The molecule has 2 N–H and O–H groups in total. The molecular weight excluding hydrogens is 397 g/mol. The number of piperazine rings is 1. The number of nitrogens with two attached hydrogens (primary N) is 1. The Bertz CT molecular complexity index is 565. The number of benzene rings is 1. The molecule has 2 aliphatic rings. The van der Waals surface area contributed by atoms with Crippen molar-refractivity contribution >= 4 is 42.3 Å². The van der Waals surface area contributed by atoms with Gasteiger partial charge < -0.3 is 15.4 Å². The molecule has 2 fully saturated rings. The van der Waals surface area contributed by atoms with E-state index in [2.05, 4.69) is 24.0 Å². The molecule has 26 heavy (non-hydrogen) atoms. The lowest BCUT2D eigenvalue weighted by Gasteiger charge is -2.39. The highest BCUT2D eigenvalue weighted by molar-refractivity contribution is 6.30. The minimum Gasteiger partial charge on any atom is -0.364 e. The molecule has 0 saturated carbocycles. The smallest absolute Gasteiger partial charge is 0.251 e. The van der Waals surface area contributed by atoms with Crippen LogP contribution in [0.5, 0.6) is 0 Å². The predicted octanol–water partition coefficient (Wildman–Crippen LogP) is 2.90. The summed E-state index contributed by atoms with van der Waals surface area (Å²) in [5, 5.41) is 0.758. The summed E-state index contributed by atoms with van der Waals surface area (Å²) < 4.78 is 5.74. The molecule has 2 aliphatic heterocycles. The van der Waals surface area contributed by atoms with Gasteiger partial charge in [0.15, 0.2) is 0 Å². The summed E-state index contributed by atoms with van der Waals surface area (Å²) in [6.45, 7) is 5.96. The van der Waals surface area contributed by atoms with Gasteiger partial charge in [0.25, 0.3) is 5.91 Å². The van der Waals surface area contributed by atoms with E-state index in [1.807, 2.05) is 17.0 Å². The SMILES string of the molecule is CC(c1ccc(Cl)cc1)N1CCN(C(=O)[C@@H]2CC[C@H](CN)O2)CC1.Cl.Cl. The van der Waals surface area contributed by atoms with E-state index < -0.39 is 0 Å². The fraction of sp³-hybridized carbons (Fsp3) is 0.611. The Balaban J connectivity index is 0.00000169. The lowest BCUT2D eigenvalue weighted by molar-refractivity contribution is -0.144. The second kappa shape index (κ2) is 10.7. The summed E-state index contributed by atoms with van der Waals surface area (Å²) in [5.74, 6) is 0.129. The standard InChI is InChI=1S/C18H26ClN3O2.2ClH/c1-13(14-2-4-15(19)5-3-14)21-8-10-22(11-9-21)18(23)17-7-6-16(12-20)24-17;;/h2-5,13,16-17H,6-12,20H2,1H3;2*1H/t13?,16-,17+;;/m1../s1. The zero-order chi connectivity index (χ0) is 17.1. The number of hydrogen-bond donors (Lipinski definition) is 1. The maximum absolute atomic E-state index is 12.6. The van der Waals surface area contributed by atoms with Crippen molar-refractivity contribution in [1.82, 2.24) is 9.80 Å². The monoisotopic (exact) mass is 423 g/mol. The molecule has 8 heteroatoms. The van der Waals surface area contributed by atoms with Gasteiger partial charge in [0.05, 0.1) is 6.10 Å². The summed E-state index contributed by atoms with van der Waals surface area (Å²) >= 11 is 5.96. The van der Waals surface area contributed by atoms with Crippen LogP contribution in [0.3, 0.4) is 0 Å². The van der Waals surface area contributed by atoms with E-state index in [-0.39, 0.29) is 42.9 Å². The molecule has 3 atom stereocenters. The second-order valence-electron chi connectivity index (χ2n) is 6.65. The molecule has 0 radical (unpaired) electrons. The average Bonchev–Trinajstić information content (AvgIpc) is 3.10. The molecule has 2 saturated heterocycles. The van der Waals surface area contributed by atoms with Gasteiger partial charge in [-0.2, -0.15) is 0 Å². The van der Waals surface area contributed by atoms with Gasteiger partial charge in [-0.05, 0) is 37.5 Å². The first kappa shape index (κ1) is 23.5. The molecule has 0 bridgehead atoms. The highest BCUT2D eigenvalue weighted by atomic mass is 35.5. The first-order chi connectivity index (χ1) is 11.6. The molecule has 1 unspecified atom stereocenters. The fourth-order valence-corrected chi connectivity index (χ4v) is 3.67. The van der Waals surface area contributed by atoms with Crippen LogP contribution >= 0.6 is 36.4 Å². The summed E-state index contributed by atoms with van der Waals surface area (Å²) in [5.41, 5.74) is 6.88.